The van der Waals surface area contributed by atoms with E-state index in [4.69, 9.17) is 16.3 Å². The molecule has 2 aromatic carbocycles. The Morgan fingerprint density at radius 2 is 2.00 bits per heavy atom. The van der Waals surface area contributed by atoms with Gasteiger partial charge in [-0.1, -0.05) is 29.8 Å². The van der Waals surface area contributed by atoms with Crippen LogP contribution < -0.4 is 4.74 Å². The van der Waals surface area contributed by atoms with Crippen LogP contribution in [0.4, 0.5) is 5.69 Å². The maximum atomic E-state index is 12.0. The molecule has 0 amide bonds. The van der Waals surface area contributed by atoms with E-state index in [9.17, 15) is 14.9 Å². The molecule has 2 aromatic rings. The van der Waals surface area contributed by atoms with Gasteiger partial charge in [0.2, 0.25) is 5.75 Å². The van der Waals surface area contributed by atoms with E-state index in [1.165, 1.54) is 18.2 Å². The van der Waals surface area contributed by atoms with Gasteiger partial charge in [0, 0.05) is 16.7 Å². The fraction of sp³-hybridized carbons (Fsp3) is 0.0714. The Morgan fingerprint density at radius 1 is 1.29 bits per heavy atom. The van der Waals surface area contributed by atoms with Crippen molar-refractivity contribution in [3.63, 3.8) is 0 Å². The van der Waals surface area contributed by atoms with Crippen LogP contribution in [0.25, 0.3) is 0 Å². The number of hydrogen-bond donors (Lipinski definition) is 0. The monoisotopic (exact) mass is 369 g/mol. The summed E-state index contributed by atoms with van der Waals surface area (Å²) in [4.78, 5) is 22.4. The third-order valence-corrected chi connectivity index (χ3v) is 3.50. The normalized spacial score (nSPS) is 10.2. The van der Waals surface area contributed by atoms with Gasteiger partial charge < -0.3 is 4.74 Å². The highest BCUT2D eigenvalue weighted by Crippen LogP contribution is 2.34. The number of carbonyl (C=O) groups is 1. The molecule has 0 radical (unpaired) electrons. The SMILES string of the molecule is O=C(COc1c(Br)cccc1[N+](=O)[O-])c1cccc(Cl)c1. The van der Waals surface area contributed by atoms with Crippen molar-refractivity contribution in [3.8, 4) is 5.75 Å². The van der Waals surface area contributed by atoms with Gasteiger partial charge in [0.05, 0.1) is 9.40 Å². The number of halogens is 2. The van der Waals surface area contributed by atoms with Crippen molar-refractivity contribution >= 4 is 39.0 Å². The van der Waals surface area contributed by atoms with Gasteiger partial charge in [0.25, 0.3) is 0 Å². The van der Waals surface area contributed by atoms with E-state index < -0.39 is 4.92 Å². The van der Waals surface area contributed by atoms with Gasteiger partial charge >= 0.3 is 5.69 Å². The van der Waals surface area contributed by atoms with Crippen molar-refractivity contribution in [2.24, 2.45) is 0 Å². The third kappa shape index (κ3) is 3.80. The molecule has 0 aliphatic heterocycles. The lowest BCUT2D eigenvalue weighted by atomic mass is 10.1. The first kappa shape index (κ1) is 15.5. The number of para-hydroxylation sites is 1. The van der Waals surface area contributed by atoms with Crippen LogP contribution in [-0.2, 0) is 0 Å². The van der Waals surface area contributed by atoms with Crippen LogP contribution in [0.5, 0.6) is 5.75 Å². The van der Waals surface area contributed by atoms with Crippen LogP contribution in [-0.4, -0.2) is 17.3 Å². The molecule has 7 heteroatoms. The van der Waals surface area contributed by atoms with Crippen molar-refractivity contribution < 1.29 is 14.5 Å². The molecule has 0 saturated heterocycles. The van der Waals surface area contributed by atoms with Crippen molar-refractivity contribution in [2.75, 3.05) is 6.61 Å². The van der Waals surface area contributed by atoms with E-state index in [0.29, 0.717) is 15.1 Å². The zero-order valence-corrected chi connectivity index (χ0v) is 12.9. The maximum absolute atomic E-state index is 12.0. The minimum atomic E-state index is -0.566. The number of benzene rings is 2. The summed E-state index contributed by atoms with van der Waals surface area (Å²) in [6, 6.07) is 10.9. The van der Waals surface area contributed by atoms with Crippen LogP contribution in [0.15, 0.2) is 46.9 Å². The summed E-state index contributed by atoms with van der Waals surface area (Å²) < 4.78 is 5.72. The molecule has 0 saturated carbocycles. The Balaban J connectivity index is 2.17. The Morgan fingerprint density at radius 3 is 2.67 bits per heavy atom. The Hall–Kier alpha value is -1.92. The number of nitro groups is 1. The lowest BCUT2D eigenvalue weighted by Gasteiger charge is -2.08. The maximum Gasteiger partial charge on any atom is 0.312 e. The first-order chi connectivity index (χ1) is 9.99. The minimum Gasteiger partial charge on any atom is -0.478 e. The Kier molecular flexibility index (Phi) is 4.93. The predicted molar refractivity (Wildman–Crippen MR) is 82.1 cm³/mol. The second-order valence-corrected chi connectivity index (χ2v) is 5.36. The molecule has 0 aliphatic rings. The largest absolute Gasteiger partial charge is 0.478 e. The molecule has 0 fully saturated rings. The topological polar surface area (TPSA) is 69.4 Å². The molecule has 21 heavy (non-hydrogen) atoms. The number of hydrogen-bond acceptors (Lipinski definition) is 4. The van der Waals surface area contributed by atoms with Crippen molar-refractivity contribution in [3.05, 3.63) is 67.6 Å². The first-order valence-corrected chi connectivity index (χ1v) is 7.00. The average Bonchev–Trinajstić information content (AvgIpc) is 2.45. The molecule has 0 atom stereocenters. The summed E-state index contributed by atoms with van der Waals surface area (Å²) in [6.45, 7) is -0.316. The van der Waals surface area contributed by atoms with Crippen molar-refractivity contribution in [1.82, 2.24) is 0 Å². The quantitative estimate of drug-likeness (QED) is 0.448. The van der Waals surface area contributed by atoms with Crippen LogP contribution in [0.1, 0.15) is 10.4 Å². The van der Waals surface area contributed by atoms with Gasteiger partial charge in [-0.15, -0.1) is 0 Å². The van der Waals surface area contributed by atoms with E-state index in [-0.39, 0.29) is 23.8 Å². The second-order valence-electron chi connectivity index (χ2n) is 4.07. The number of nitro benzene ring substituents is 1. The second kappa shape index (κ2) is 6.69. The lowest BCUT2D eigenvalue weighted by molar-refractivity contribution is -0.385. The standard InChI is InChI=1S/C14H9BrClNO4/c15-11-5-2-6-12(17(19)20)14(11)21-8-13(18)9-3-1-4-10(16)7-9/h1-7H,8H2. The summed E-state index contributed by atoms with van der Waals surface area (Å²) in [6.07, 6.45) is 0. The summed E-state index contributed by atoms with van der Waals surface area (Å²) in [5, 5.41) is 11.4. The van der Waals surface area contributed by atoms with E-state index in [1.807, 2.05) is 0 Å². The van der Waals surface area contributed by atoms with Gasteiger partial charge in [0.1, 0.15) is 0 Å². The van der Waals surface area contributed by atoms with Gasteiger partial charge in [-0.25, -0.2) is 0 Å². The van der Waals surface area contributed by atoms with Crippen LogP contribution in [0.2, 0.25) is 5.02 Å². The van der Waals surface area contributed by atoms with Gasteiger partial charge in [-0.2, -0.15) is 0 Å². The van der Waals surface area contributed by atoms with Crippen molar-refractivity contribution in [1.29, 1.82) is 0 Å². The summed E-state index contributed by atoms with van der Waals surface area (Å²) in [5.41, 5.74) is 0.181. The number of ketones is 1. The molecule has 0 N–H and O–H groups in total. The average molecular weight is 371 g/mol. The first-order valence-electron chi connectivity index (χ1n) is 5.83. The number of rotatable bonds is 5. The number of carbonyl (C=O) groups excluding carboxylic acids is 1. The minimum absolute atomic E-state index is 0.0258. The fourth-order valence-electron chi connectivity index (χ4n) is 1.67. The molecular formula is C14H9BrClNO4. The summed E-state index contributed by atoms with van der Waals surface area (Å²) in [5.74, 6) is -0.291. The highest BCUT2D eigenvalue weighted by molar-refractivity contribution is 9.10. The van der Waals surface area contributed by atoms with Crippen LogP contribution in [0.3, 0.4) is 0 Å². The highest BCUT2D eigenvalue weighted by atomic mass is 79.9. The molecule has 0 heterocycles. The third-order valence-electron chi connectivity index (χ3n) is 2.64. The highest BCUT2D eigenvalue weighted by Gasteiger charge is 2.19. The molecule has 0 spiro atoms. The number of Topliss-reactive ketones (excluding diaryl/α,β-unsaturated/α-hetero) is 1. The molecular weight excluding hydrogens is 362 g/mol. The number of nitrogens with zero attached hydrogens (tertiary/aromatic N) is 1. The van der Waals surface area contributed by atoms with Crippen LogP contribution in [0, 0.1) is 10.1 Å². The van der Waals surface area contributed by atoms with Crippen LogP contribution >= 0.6 is 27.5 Å². The molecule has 0 unspecified atom stereocenters. The summed E-state index contributed by atoms with van der Waals surface area (Å²) in [7, 11) is 0. The lowest BCUT2D eigenvalue weighted by Crippen LogP contribution is -2.12. The van der Waals surface area contributed by atoms with Gasteiger partial charge in [-0.3, -0.25) is 14.9 Å². The smallest absolute Gasteiger partial charge is 0.312 e. The van der Waals surface area contributed by atoms with Crippen molar-refractivity contribution in [2.45, 2.75) is 0 Å². The Labute approximate surface area is 133 Å². The van der Waals surface area contributed by atoms with E-state index in [0.717, 1.165) is 0 Å². The zero-order chi connectivity index (χ0) is 15.4. The fourth-order valence-corrected chi connectivity index (χ4v) is 2.33. The molecule has 108 valence electrons. The van der Waals surface area contributed by atoms with E-state index in [2.05, 4.69) is 15.9 Å². The predicted octanol–water partition coefficient (Wildman–Crippen LogP) is 4.27. The Bertz CT molecular complexity index is 705. The zero-order valence-electron chi connectivity index (χ0n) is 10.6. The van der Waals surface area contributed by atoms with Gasteiger partial charge in [0.15, 0.2) is 12.4 Å². The van der Waals surface area contributed by atoms with E-state index >= 15 is 0 Å². The molecule has 0 aromatic heterocycles. The molecule has 0 aliphatic carbocycles. The summed E-state index contributed by atoms with van der Waals surface area (Å²) >= 11 is 8.98. The molecule has 5 nitrogen and oxygen atoms in total. The molecule has 0 bridgehead atoms. The molecule has 2 rings (SSSR count). The van der Waals surface area contributed by atoms with E-state index in [1.54, 1.807) is 24.3 Å². The van der Waals surface area contributed by atoms with Gasteiger partial charge in [-0.05, 0) is 34.1 Å². The number of ether oxygens (including phenoxy) is 1.